The first-order valence-electron chi connectivity index (χ1n) is 3.91. The van der Waals surface area contributed by atoms with E-state index in [0.29, 0.717) is 17.0 Å². The molecule has 0 saturated carbocycles. The van der Waals surface area contributed by atoms with Gasteiger partial charge in [0.25, 0.3) is 0 Å². The number of rotatable bonds is 3. The Morgan fingerprint density at radius 3 is 2.85 bits per heavy atom. The van der Waals surface area contributed by atoms with E-state index in [9.17, 15) is 4.39 Å². The molecule has 2 N–H and O–H groups in total. The molecule has 1 aromatic rings. The van der Waals surface area contributed by atoms with Crippen molar-refractivity contribution in [1.29, 1.82) is 0 Å². The van der Waals surface area contributed by atoms with E-state index in [1.165, 1.54) is 6.07 Å². The van der Waals surface area contributed by atoms with Crippen LogP contribution in [0.5, 0.6) is 0 Å². The van der Waals surface area contributed by atoms with Crippen LogP contribution in [0.1, 0.15) is 11.1 Å². The standard InChI is InChI=1S/C9H11ClFNO/c1-6-4-9(11)7(2-3-13-12)5-8(6)10/h4-5H,2-3,12H2,1H3. The zero-order valence-electron chi connectivity index (χ0n) is 7.31. The zero-order valence-corrected chi connectivity index (χ0v) is 8.07. The molecule has 0 bridgehead atoms. The van der Waals surface area contributed by atoms with Crippen molar-refractivity contribution >= 4 is 11.6 Å². The van der Waals surface area contributed by atoms with Gasteiger partial charge < -0.3 is 4.84 Å². The van der Waals surface area contributed by atoms with Crippen molar-refractivity contribution in [1.82, 2.24) is 0 Å². The van der Waals surface area contributed by atoms with Gasteiger partial charge in [0.1, 0.15) is 5.82 Å². The molecule has 0 fully saturated rings. The molecule has 4 heteroatoms. The predicted octanol–water partition coefficient (Wildman–Crippen LogP) is 2.22. The first-order valence-corrected chi connectivity index (χ1v) is 4.29. The molecule has 1 rings (SSSR count). The van der Waals surface area contributed by atoms with Crippen LogP contribution in [0.3, 0.4) is 0 Å². The Morgan fingerprint density at radius 2 is 2.23 bits per heavy atom. The lowest BCUT2D eigenvalue weighted by molar-refractivity contribution is 0.140. The maximum Gasteiger partial charge on any atom is 0.126 e. The van der Waals surface area contributed by atoms with E-state index in [2.05, 4.69) is 4.84 Å². The minimum atomic E-state index is -0.265. The van der Waals surface area contributed by atoms with Gasteiger partial charge in [-0.25, -0.2) is 10.3 Å². The second kappa shape index (κ2) is 4.56. The van der Waals surface area contributed by atoms with Crippen molar-refractivity contribution in [2.75, 3.05) is 6.61 Å². The molecule has 0 saturated heterocycles. The van der Waals surface area contributed by atoms with Gasteiger partial charge in [-0.05, 0) is 30.2 Å². The number of hydrogen-bond donors (Lipinski definition) is 1. The summed E-state index contributed by atoms with van der Waals surface area (Å²) in [6, 6.07) is 3.01. The van der Waals surface area contributed by atoms with Crippen molar-refractivity contribution in [2.45, 2.75) is 13.3 Å². The van der Waals surface area contributed by atoms with Gasteiger partial charge in [0.15, 0.2) is 0 Å². The number of benzene rings is 1. The summed E-state index contributed by atoms with van der Waals surface area (Å²) in [5, 5.41) is 0.563. The molecule has 0 aliphatic carbocycles. The van der Waals surface area contributed by atoms with E-state index in [1.54, 1.807) is 13.0 Å². The molecule has 0 amide bonds. The lowest BCUT2D eigenvalue weighted by atomic mass is 10.1. The average molecular weight is 204 g/mol. The van der Waals surface area contributed by atoms with Gasteiger partial charge in [0, 0.05) is 11.4 Å². The number of hydrogen-bond acceptors (Lipinski definition) is 2. The van der Waals surface area contributed by atoms with Crippen molar-refractivity contribution < 1.29 is 9.23 Å². The maximum absolute atomic E-state index is 13.2. The Balaban J connectivity index is 2.88. The second-order valence-electron chi connectivity index (χ2n) is 2.81. The Kier molecular flexibility index (Phi) is 3.66. The average Bonchev–Trinajstić information content (AvgIpc) is 2.09. The molecule has 0 aliphatic rings. The fourth-order valence-electron chi connectivity index (χ4n) is 1.05. The van der Waals surface area contributed by atoms with E-state index in [4.69, 9.17) is 17.5 Å². The van der Waals surface area contributed by atoms with Gasteiger partial charge >= 0.3 is 0 Å². The lowest BCUT2D eigenvalue weighted by Crippen LogP contribution is -2.05. The summed E-state index contributed by atoms with van der Waals surface area (Å²) in [4.78, 5) is 4.36. The van der Waals surface area contributed by atoms with E-state index in [0.717, 1.165) is 5.56 Å². The summed E-state index contributed by atoms with van der Waals surface area (Å²) < 4.78 is 13.2. The SMILES string of the molecule is Cc1cc(F)c(CCON)cc1Cl. The quantitative estimate of drug-likeness (QED) is 0.765. The topological polar surface area (TPSA) is 35.2 Å². The summed E-state index contributed by atoms with van der Waals surface area (Å²) in [6.07, 6.45) is 0.433. The van der Waals surface area contributed by atoms with E-state index in [-0.39, 0.29) is 12.4 Å². The summed E-state index contributed by atoms with van der Waals surface area (Å²) in [5.41, 5.74) is 1.26. The highest BCUT2D eigenvalue weighted by Crippen LogP contribution is 2.20. The summed E-state index contributed by atoms with van der Waals surface area (Å²) >= 11 is 5.83. The minimum Gasteiger partial charge on any atom is -0.304 e. The molecule has 0 atom stereocenters. The molecule has 0 spiro atoms. The Hall–Kier alpha value is -0.640. The van der Waals surface area contributed by atoms with Crippen LogP contribution in [0.15, 0.2) is 12.1 Å². The molecule has 0 unspecified atom stereocenters. The fourth-order valence-corrected chi connectivity index (χ4v) is 1.23. The van der Waals surface area contributed by atoms with Crippen LogP contribution >= 0.6 is 11.6 Å². The predicted molar refractivity (Wildman–Crippen MR) is 50.0 cm³/mol. The fraction of sp³-hybridized carbons (Fsp3) is 0.333. The van der Waals surface area contributed by atoms with Gasteiger partial charge in [-0.3, -0.25) is 0 Å². The third-order valence-corrected chi connectivity index (χ3v) is 2.22. The van der Waals surface area contributed by atoms with Crippen molar-refractivity contribution in [3.63, 3.8) is 0 Å². The maximum atomic E-state index is 13.2. The largest absolute Gasteiger partial charge is 0.304 e. The first kappa shape index (κ1) is 10.4. The summed E-state index contributed by atoms with van der Waals surface area (Å²) in [6.45, 7) is 2.05. The van der Waals surface area contributed by atoms with Crippen LogP contribution in [-0.4, -0.2) is 6.61 Å². The zero-order chi connectivity index (χ0) is 9.84. The highest BCUT2D eigenvalue weighted by molar-refractivity contribution is 6.31. The van der Waals surface area contributed by atoms with Crippen LogP contribution in [0.2, 0.25) is 5.02 Å². The third kappa shape index (κ3) is 2.66. The third-order valence-electron chi connectivity index (χ3n) is 1.82. The smallest absolute Gasteiger partial charge is 0.126 e. The number of nitrogens with two attached hydrogens (primary N) is 1. The van der Waals surface area contributed by atoms with Gasteiger partial charge in [-0.2, -0.15) is 0 Å². The van der Waals surface area contributed by atoms with Gasteiger partial charge in [0.05, 0.1) is 6.61 Å². The molecular formula is C9H11ClFNO. The van der Waals surface area contributed by atoms with Gasteiger partial charge in [-0.15, -0.1) is 0 Å². The summed E-state index contributed by atoms with van der Waals surface area (Å²) in [5.74, 6) is 4.57. The number of aryl methyl sites for hydroxylation is 1. The molecule has 13 heavy (non-hydrogen) atoms. The van der Waals surface area contributed by atoms with Crippen LogP contribution in [0.25, 0.3) is 0 Å². The van der Waals surface area contributed by atoms with Crippen LogP contribution < -0.4 is 5.90 Å². The van der Waals surface area contributed by atoms with E-state index in [1.807, 2.05) is 0 Å². The summed E-state index contributed by atoms with van der Waals surface area (Å²) in [7, 11) is 0. The molecule has 0 aliphatic heterocycles. The first-order chi connectivity index (χ1) is 6.15. The van der Waals surface area contributed by atoms with Crippen LogP contribution in [-0.2, 0) is 11.3 Å². The molecule has 0 heterocycles. The molecular weight excluding hydrogens is 193 g/mol. The highest BCUT2D eigenvalue weighted by atomic mass is 35.5. The molecule has 1 aromatic carbocycles. The van der Waals surface area contributed by atoms with Crippen molar-refractivity contribution in [2.24, 2.45) is 5.90 Å². The van der Waals surface area contributed by atoms with Crippen molar-refractivity contribution in [3.05, 3.63) is 34.1 Å². The Bertz CT molecular complexity index is 304. The Morgan fingerprint density at radius 1 is 1.54 bits per heavy atom. The monoisotopic (exact) mass is 203 g/mol. The van der Waals surface area contributed by atoms with Crippen LogP contribution in [0, 0.1) is 12.7 Å². The number of halogens is 2. The Labute approximate surface area is 81.4 Å². The van der Waals surface area contributed by atoms with Crippen LogP contribution in [0.4, 0.5) is 4.39 Å². The van der Waals surface area contributed by atoms with E-state index >= 15 is 0 Å². The second-order valence-corrected chi connectivity index (χ2v) is 3.22. The molecule has 72 valence electrons. The van der Waals surface area contributed by atoms with Crippen molar-refractivity contribution in [3.8, 4) is 0 Å². The molecule has 0 radical (unpaired) electrons. The van der Waals surface area contributed by atoms with E-state index < -0.39 is 0 Å². The lowest BCUT2D eigenvalue weighted by Gasteiger charge is -2.04. The normalized spacial score (nSPS) is 10.5. The van der Waals surface area contributed by atoms with Gasteiger partial charge in [-0.1, -0.05) is 11.6 Å². The molecule has 2 nitrogen and oxygen atoms in total. The molecule has 0 aromatic heterocycles. The minimum absolute atomic E-state index is 0.265. The van der Waals surface area contributed by atoms with Gasteiger partial charge in [0.2, 0.25) is 0 Å². The highest BCUT2D eigenvalue weighted by Gasteiger charge is 2.05.